The van der Waals surface area contributed by atoms with Gasteiger partial charge in [-0.15, -0.1) is 11.8 Å². The Morgan fingerprint density at radius 3 is 2.90 bits per heavy atom. The zero-order valence-electron chi connectivity index (χ0n) is 6.22. The fourth-order valence-corrected chi connectivity index (χ4v) is 0.569. The summed E-state index contributed by atoms with van der Waals surface area (Å²) in [5.74, 6) is 5.78. The molecule has 0 fully saturated rings. The maximum Gasteiger partial charge on any atom is 0.0908 e. The van der Waals surface area contributed by atoms with Gasteiger partial charge in [-0.2, -0.15) is 5.26 Å². The Hall–Kier alpha value is -1.21. The molecule has 52 valence electrons. The largest absolute Gasteiger partial charge is 0.193 e. The fraction of sp³-hybridized carbons (Fsp3) is 0.444. The quantitative estimate of drug-likeness (QED) is 0.329. The van der Waals surface area contributed by atoms with Crippen LogP contribution in [0.2, 0.25) is 0 Å². The molecule has 1 nitrogen and oxygen atoms in total. The van der Waals surface area contributed by atoms with Gasteiger partial charge >= 0.3 is 0 Å². The van der Waals surface area contributed by atoms with Crippen LogP contribution in [0.1, 0.15) is 26.2 Å². The van der Waals surface area contributed by atoms with Gasteiger partial charge in [-0.05, 0) is 19.8 Å². The minimum absolute atomic E-state index is 0.937. The van der Waals surface area contributed by atoms with Gasteiger partial charge in [0.1, 0.15) is 0 Å². The molecule has 0 aromatic heterocycles. The zero-order valence-corrected chi connectivity index (χ0v) is 6.22. The van der Waals surface area contributed by atoms with E-state index in [-0.39, 0.29) is 0 Å². The van der Waals surface area contributed by atoms with Crippen molar-refractivity contribution in [2.45, 2.75) is 26.2 Å². The molecule has 0 aromatic carbocycles. The van der Waals surface area contributed by atoms with Crippen LogP contribution in [0, 0.1) is 23.2 Å². The van der Waals surface area contributed by atoms with E-state index in [2.05, 4.69) is 11.8 Å². The highest BCUT2D eigenvalue weighted by atomic mass is 14.2. The predicted molar refractivity (Wildman–Crippen MR) is 42.1 cm³/mol. The summed E-state index contributed by atoms with van der Waals surface area (Å²) in [5.41, 5.74) is 0. The van der Waals surface area contributed by atoms with Crippen molar-refractivity contribution in [3.05, 3.63) is 12.2 Å². The van der Waals surface area contributed by atoms with Crippen molar-refractivity contribution in [2.24, 2.45) is 0 Å². The molecule has 0 atom stereocenters. The van der Waals surface area contributed by atoms with Crippen LogP contribution in [0.5, 0.6) is 0 Å². The maximum absolute atomic E-state index is 8.10. The summed E-state index contributed by atoms with van der Waals surface area (Å²) < 4.78 is 0. The summed E-state index contributed by atoms with van der Waals surface area (Å²) in [6.07, 6.45) is 6.34. The Morgan fingerprint density at radius 1 is 1.50 bits per heavy atom. The Bertz CT molecular complexity index is 185. The fourth-order valence-electron chi connectivity index (χ4n) is 0.569. The van der Waals surface area contributed by atoms with Crippen molar-refractivity contribution in [1.82, 2.24) is 0 Å². The summed E-state index contributed by atoms with van der Waals surface area (Å²) in [4.78, 5) is 0. The van der Waals surface area contributed by atoms with E-state index < -0.39 is 0 Å². The lowest BCUT2D eigenvalue weighted by Crippen LogP contribution is -1.67. The van der Waals surface area contributed by atoms with Crippen LogP contribution in [-0.2, 0) is 0 Å². The van der Waals surface area contributed by atoms with Crippen LogP contribution in [0.4, 0.5) is 0 Å². The minimum atomic E-state index is 0.937. The molecule has 0 bridgehead atoms. The van der Waals surface area contributed by atoms with Gasteiger partial charge in [-0.1, -0.05) is 6.08 Å². The van der Waals surface area contributed by atoms with Gasteiger partial charge < -0.3 is 0 Å². The number of hydrogen-bond acceptors (Lipinski definition) is 1. The lowest BCUT2D eigenvalue weighted by Gasteiger charge is -1.84. The van der Waals surface area contributed by atoms with Crippen LogP contribution in [0.3, 0.4) is 0 Å². The third-order valence-electron chi connectivity index (χ3n) is 1.04. The molecule has 0 unspecified atom stereocenters. The van der Waals surface area contributed by atoms with Crippen molar-refractivity contribution >= 4 is 0 Å². The van der Waals surface area contributed by atoms with Crippen LogP contribution in [0.15, 0.2) is 12.2 Å². The first-order chi connectivity index (χ1) is 4.91. The standard InChI is InChI=1S/C9H11N/c1-2-3-4-5-6-7-8-9-10/h7-8H,4-6H2,1H3/b8-7+. The van der Waals surface area contributed by atoms with E-state index in [0.717, 1.165) is 19.3 Å². The summed E-state index contributed by atoms with van der Waals surface area (Å²) >= 11 is 0. The third kappa shape index (κ3) is 6.79. The van der Waals surface area contributed by atoms with Gasteiger partial charge in [0.25, 0.3) is 0 Å². The van der Waals surface area contributed by atoms with Crippen LogP contribution in [0.25, 0.3) is 0 Å². The average Bonchev–Trinajstić information content (AvgIpc) is 1.97. The molecular weight excluding hydrogens is 122 g/mol. The molecule has 0 heterocycles. The second kappa shape index (κ2) is 7.79. The van der Waals surface area contributed by atoms with Crippen LogP contribution < -0.4 is 0 Å². The van der Waals surface area contributed by atoms with Crippen molar-refractivity contribution in [3.8, 4) is 17.9 Å². The molecule has 10 heavy (non-hydrogen) atoms. The van der Waals surface area contributed by atoms with Gasteiger partial charge in [0, 0.05) is 12.5 Å². The predicted octanol–water partition coefficient (Wildman–Crippen LogP) is 2.26. The summed E-state index contributed by atoms with van der Waals surface area (Å²) in [7, 11) is 0. The highest BCUT2D eigenvalue weighted by Crippen LogP contribution is 1.94. The molecule has 0 saturated carbocycles. The molecular formula is C9H11N. The van der Waals surface area contributed by atoms with E-state index in [1.807, 2.05) is 19.1 Å². The second-order valence-electron chi connectivity index (χ2n) is 1.85. The number of unbranched alkanes of at least 4 members (excludes halogenated alkanes) is 2. The summed E-state index contributed by atoms with van der Waals surface area (Å²) in [6.45, 7) is 1.84. The molecule has 0 N–H and O–H groups in total. The lowest BCUT2D eigenvalue weighted by atomic mass is 10.2. The Labute approximate surface area is 62.4 Å². The molecule has 0 aromatic rings. The van der Waals surface area contributed by atoms with Crippen LogP contribution >= 0.6 is 0 Å². The molecule has 0 radical (unpaired) electrons. The normalized spacial score (nSPS) is 8.40. The highest BCUT2D eigenvalue weighted by molar-refractivity contribution is 5.02. The van der Waals surface area contributed by atoms with Gasteiger partial charge in [0.15, 0.2) is 0 Å². The number of nitrogens with zero attached hydrogens (tertiary/aromatic N) is 1. The number of hydrogen-bond donors (Lipinski definition) is 0. The molecule has 0 amide bonds. The van der Waals surface area contributed by atoms with Gasteiger partial charge in [0.2, 0.25) is 0 Å². The molecule has 0 aliphatic rings. The minimum Gasteiger partial charge on any atom is -0.193 e. The maximum atomic E-state index is 8.10. The third-order valence-corrected chi connectivity index (χ3v) is 1.04. The summed E-state index contributed by atoms with van der Waals surface area (Å²) in [5, 5.41) is 8.10. The molecule has 1 heteroatoms. The average molecular weight is 133 g/mol. The second-order valence-corrected chi connectivity index (χ2v) is 1.85. The smallest absolute Gasteiger partial charge is 0.0908 e. The first-order valence-electron chi connectivity index (χ1n) is 3.36. The highest BCUT2D eigenvalue weighted by Gasteiger charge is 1.77. The Balaban J connectivity index is 3.12. The van der Waals surface area contributed by atoms with Gasteiger partial charge in [-0.25, -0.2) is 0 Å². The molecule has 0 spiro atoms. The first kappa shape index (κ1) is 8.79. The van der Waals surface area contributed by atoms with E-state index in [0.29, 0.717) is 0 Å². The molecule has 0 rings (SSSR count). The monoisotopic (exact) mass is 133 g/mol. The zero-order chi connectivity index (χ0) is 7.66. The van der Waals surface area contributed by atoms with Crippen LogP contribution in [-0.4, -0.2) is 0 Å². The SMILES string of the molecule is CC#CCCC/C=C/C#N. The van der Waals surface area contributed by atoms with Crippen molar-refractivity contribution in [2.75, 3.05) is 0 Å². The van der Waals surface area contributed by atoms with E-state index in [1.165, 1.54) is 6.08 Å². The Kier molecular flexibility index (Phi) is 6.85. The van der Waals surface area contributed by atoms with Gasteiger partial charge in [-0.3, -0.25) is 0 Å². The van der Waals surface area contributed by atoms with Crippen molar-refractivity contribution in [1.29, 1.82) is 5.26 Å². The van der Waals surface area contributed by atoms with Crippen molar-refractivity contribution < 1.29 is 0 Å². The molecule has 0 aliphatic carbocycles. The Morgan fingerprint density at radius 2 is 2.30 bits per heavy atom. The topological polar surface area (TPSA) is 23.8 Å². The van der Waals surface area contributed by atoms with Crippen molar-refractivity contribution in [3.63, 3.8) is 0 Å². The summed E-state index contributed by atoms with van der Waals surface area (Å²) in [6, 6.07) is 1.94. The molecule has 0 saturated heterocycles. The first-order valence-corrected chi connectivity index (χ1v) is 3.36. The number of allylic oxidation sites excluding steroid dienone is 2. The van der Waals surface area contributed by atoms with E-state index in [4.69, 9.17) is 5.26 Å². The van der Waals surface area contributed by atoms with E-state index >= 15 is 0 Å². The van der Waals surface area contributed by atoms with Gasteiger partial charge in [0.05, 0.1) is 6.07 Å². The lowest BCUT2D eigenvalue weighted by molar-refractivity contribution is 0.885. The number of rotatable bonds is 3. The van der Waals surface area contributed by atoms with E-state index in [9.17, 15) is 0 Å². The van der Waals surface area contributed by atoms with E-state index in [1.54, 1.807) is 0 Å². The molecule has 0 aliphatic heterocycles. The number of nitriles is 1.